The first kappa shape index (κ1) is 25.9. The van der Waals surface area contributed by atoms with E-state index in [1.54, 1.807) is 0 Å². The minimum atomic E-state index is -7.86. The summed E-state index contributed by atoms with van der Waals surface area (Å²) in [6.45, 7) is -3.57. The highest BCUT2D eigenvalue weighted by Crippen LogP contribution is 2.55. The molecule has 0 radical (unpaired) electrons. The summed E-state index contributed by atoms with van der Waals surface area (Å²) in [5, 5.41) is -7.57. The molecular weight excluding hydrogens is 461 g/mol. The average Bonchev–Trinajstić information content (AvgIpc) is 2.41. The molecule has 3 nitrogen and oxygen atoms in total. The molecule has 0 heterocycles. The fraction of sp³-hybridized carbons (Fsp3) is 1.00. The van der Waals surface area contributed by atoms with Crippen LogP contribution in [0.5, 0.6) is 0 Å². The molecule has 0 spiro atoms. The second kappa shape index (κ2) is 6.73. The van der Waals surface area contributed by atoms with Gasteiger partial charge in [0.1, 0.15) is 6.61 Å². The van der Waals surface area contributed by atoms with Crippen molar-refractivity contribution in [2.75, 3.05) is 6.61 Å². The Bertz CT molecular complexity index is 630. The van der Waals surface area contributed by atoms with Gasteiger partial charge >= 0.3 is 45.5 Å². The van der Waals surface area contributed by atoms with Gasteiger partial charge < -0.3 is 0 Å². The van der Waals surface area contributed by atoms with E-state index in [1.807, 2.05) is 0 Å². The number of halogens is 15. The SMILES string of the molecule is O=S(=O)(OCC(F)(F)[C@@H](F)C(F)(F)F)C(F)(F)C(F)(F)C(F)(F)C(F)(F)F. The molecule has 0 saturated carbocycles. The largest absolute Gasteiger partial charge is 0.460 e. The van der Waals surface area contributed by atoms with Gasteiger partial charge in [0, 0.05) is 0 Å². The molecule has 0 bridgehead atoms. The van der Waals surface area contributed by atoms with Gasteiger partial charge in [0.15, 0.2) is 0 Å². The minimum absolute atomic E-state index is 2.32. The van der Waals surface area contributed by atoms with Gasteiger partial charge in [0.05, 0.1) is 0 Å². The lowest BCUT2D eigenvalue weighted by atomic mass is 10.1. The van der Waals surface area contributed by atoms with E-state index in [0.717, 1.165) is 0 Å². The molecule has 0 aromatic carbocycles. The number of hydrogen-bond acceptors (Lipinski definition) is 3. The maximum absolute atomic E-state index is 13.0. The lowest BCUT2D eigenvalue weighted by Crippen LogP contribution is -2.63. The van der Waals surface area contributed by atoms with Crippen LogP contribution < -0.4 is 0 Å². The number of rotatable bonds is 7. The van der Waals surface area contributed by atoms with Crippen molar-refractivity contribution in [3.8, 4) is 0 Å². The molecule has 0 aliphatic heterocycles. The molecule has 0 aromatic rings. The van der Waals surface area contributed by atoms with Crippen LogP contribution in [0.1, 0.15) is 0 Å². The molecule has 0 N–H and O–H groups in total. The Hall–Kier alpha value is -1.14. The van der Waals surface area contributed by atoms with Crippen LogP contribution in [0.15, 0.2) is 0 Å². The Kier molecular flexibility index (Phi) is 6.45. The highest BCUT2D eigenvalue weighted by atomic mass is 32.2. The Labute approximate surface area is 138 Å². The molecule has 19 heteroatoms. The van der Waals surface area contributed by atoms with Crippen molar-refractivity contribution in [3.63, 3.8) is 0 Å². The highest BCUT2D eigenvalue weighted by molar-refractivity contribution is 7.87. The summed E-state index contributed by atoms with van der Waals surface area (Å²) in [6, 6.07) is 0. The maximum atomic E-state index is 13.0. The fourth-order valence-electron chi connectivity index (χ4n) is 1.06. The smallest absolute Gasteiger partial charge is 0.259 e. The number of alkyl halides is 15. The molecule has 27 heavy (non-hydrogen) atoms. The van der Waals surface area contributed by atoms with Crippen LogP contribution in [-0.4, -0.2) is 56.6 Å². The van der Waals surface area contributed by atoms with Gasteiger partial charge in [0.25, 0.3) is 6.17 Å². The monoisotopic (exact) mass is 464 g/mol. The second-order valence-corrected chi connectivity index (χ2v) is 6.20. The van der Waals surface area contributed by atoms with Crippen LogP contribution in [0.4, 0.5) is 65.9 Å². The first-order chi connectivity index (χ1) is 11.4. The predicted octanol–water partition coefficient (Wildman–Crippen LogP) is 4.29. The molecular formula is C8H3F15O3S. The third-order valence-corrected chi connectivity index (χ3v) is 3.81. The molecule has 164 valence electrons. The maximum Gasteiger partial charge on any atom is 0.460 e. The summed E-state index contributed by atoms with van der Waals surface area (Å²) < 4.78 is 209. The Morgan fingerprint density at radius 2 is 1.07 bits per heavy atom. The molecule has 0 amide bonds. The van der Waals surface area contributed by atoms with E-state index < -0.39 is 58.3 Å². The normalized spacial score (nSPS) is 17.1. The molecule has 0 rings (SSSR count). The molecule has 1 atom stereocenters. The van der Waals surface area contributed by atoms with E-state index in [2.05, 4.69) is 4.18 Å². The zero-order chi connectivity index (χ0) is 22.5. The Morgan fingerprint density at radius 3 is 1.37 bits per heavy atom. The first-order valence-electron chi connectivity index (χ1n) is 5.54. The van der Waals surface area contributed by atoms with Crippen molar-refractivity contribution in [2.24, 2.45) is 0 Å². The summed E-state index contributed by atoms with van der Waals surface area (Å²) in [5.41, 5.74) is 0. The van der Waals surface area contributed by atoms with Crippen LogP contribution in [-0.2, 0) is 14.3 Å². The number of hydrogen-bond donors (Lipinski definition) is 0. The fourth-order valence-corrected chi connectivity index (χ4v) is 1.96. The molecule has 0 aliphatic rings. The van der Waals surface area contributed by atoms with E-state index in [9.17, 15) is 74.3 Å². The summed E-state index contributed by atoms with van der Waals surface area (Å²) >= 11 is 0. The van der Waals surface area contributed by atoms with E-state index >= 15 is 0 Å². The predicted molar refractivity (Wildman–Crippen MR) is 51.7 cm³/mol. The van der Waals surface area contributed by atoms with Gasteiger partial charge in [-0.05, 0) is 0 Å². The van der Waals surface area contributed by atoms with E-state index in [-0.39, 0.29) is 0 Å². The molecule has 0 aromatic heterocycles. The summed E-state index contributed by atoms with van der Waals surface area (Å²) in [4.78, 5) is 0. The Balaban J connectivity index is 5.83. The van der Waals surface area contributed by atoms with Gasteiger partial charge in [-0.2, -0.15) is 61.1 Å². The first-order valence-corrected chi connectivity index (χ1v) is 6.95. The third kappa shape index (κ3) is 4.48. The van der Waals surface area contributed by atoms with Gasteiger partial charge in [0.2, 0.25) is 0 Å². The van der Waals surface area contributed by atoms with E-state index in [4.69, 9.17) is 0 Å². The summed E-state index contributed by atoms with van der Waals surface area (Å²) in [6.07, 6.45) is -19.2. The van der Waals surface area contributed by atoms with Crippen LogP contribution in [0.3, 0.4) is 0 Å². The molecule has 0 unspecified atom stereocenters. The van der Waals surface area contributed by atoms with Crippen LogP contribution in [0.25, 0.3) is 0 Å². The van der Waals surface area contributed by atoms with Crippen molar-refractivity contribution >= 4 is 10.1 Å². The summed E-state index contributed by atoms with van der Waals surface area (Å²) in [7, 11) is -7.85. The lowest BCUT2D eigenvalue weighted by Gasteiger charge is -2.33. The zero-order valence-electron chi connectivity index (χ0n) is 11.6. The van der Waals surface area contributed by atoms with Gasteiger partial charge in [-0.15, -0.1) is 0 Å². The lowest BCUT2D eigenvalue weighted by molar-refractivity contribution is -0.383. The molecule has 0 aliphatic carbocycles. The van der Waals surface area contributed by atoms with Gasteiger partial charge in [-0.25, -0.2) is 13.2 Å². The van der Waals surface area contributed by atoms with E-state index in [1.165, 1.54) is 0 Å². The average molecular weight is 464 g/mol. The van der Waals surface area contributed by atoms with Crippen LogP contribution in [0.2, 0.25) is 0 Å². The third-order valence-electron chi connectivity index (χ3n) is 2.49. The topological polar surface area (TPSA) is 43.4 Å². The Morgan fingerprint density at radius 1 is 0.704 bits per heavy atom. The van der Waals surface area contributed by atoms with Crippen molar-refractivity contribution in [2.45, 2.75) is 41.5 Å². The highest BCUT2D eigenvalue weighted by Gasteiger charge is 2.86. The zero-order valence-corrected chi connectivity index (χ0v) is 12.4. The minimum Gasteiger partial charge on any atom is -0.259 e. The van der Waals surface area contributed by atoms with Crippen molar-refractivity contribution in [1.82, 2.24) is 0 Å². The van der Waals surface area contributed by atoms with E-state index in [0.29, 0.717) is 0 Å². The molecule has 0 fully saturated rings. The molecule has 0 saturated heterocycles. The van der Waals surface area contributed by atoms with Crippen molar-refractivity contribution in [1.29, 1.82) is 0 Å². The van der Waals surface area contributed by atoms with Crippen LogP contribution >= 0.6 is 0 Å². The second-order valence-electron chi connectivity index (χ2n) is 4.54. The van der Waals surface area contributed by atoms with Gasteiger partial charge in [-0.1, -0.05) is 0 Å². The standard InChI is InChI=1S/C8H3F15O3S/c9-2(4(12,13)14)3(10,11)1-26-27(24,25)8(22,23)6(17,18)5(15,16)7(19,20)21/h2H,1H2/t2-/m1/s1. The van der Waals surface area contributed by atoms with Crippen LogP contribution in [0, 0.1) is 0 Å². The van der Waals surface area contributed by atoms with Gasteiger partial charge in [-0.3, -0.25) is 4.18 Å². The van der Waals surface area contributed by atoms with Crippen molar-refractivity contribution in [3.05, 3.63) is 0 Å². The quantitative estimate of drug-likeness (QED) is 0.417. The van der Waals surface area contributed by atoms with Crippen molar-refractivity contribution < 1.29 is 78.5 Å². The summed E-state index contributed by atoms with van der Waals surface area (Å²) in [5.74, 6) is -21.6.